The van der Waals surface area contributed by atoms with Gasteiger partial charge in [-0.25, -0.2) is 0 Å². The molecule has 1 saturated heterocycles. The topological polar surface area (TPSA) is 66.5 Å². The SMILES string of the molecule is O=C[C@@H]1CCCN1C(=O)CCC(=O)NCCCCCc1ccccc1. The fourth-order valence-corrected chi connectivity index (χ4v) is 3.20. The maximum Gasteiger partial charge on any atom is 0.223 e. The van der Waals surface area contributed by atoms with E-state index in [1.807, 2.05) is 6.07 Å². The van der Waals surface area contributed by atoms with Gasteiger partial charge in [-0.1, -0.05) is 36.8 Å². The van der Waals surface area contributed by atoms with Gasteiger partial charge in [-0.3, -0.25) is 9.59 Å². The van der Waals surface area contributed by atoms with Crippen LogP contribution in [-0.4, -0.2) is 42.1 Å². The molecule has 1 aliphatic rings. The first-order valence-electron chi connectivity index (χ1n) is 9.26. The molecule has 0 spiro atoms. The minimum Gasteiger partial charge on any atom is -0.356 e. The van der Waals surface area contributed by atoms with Gasteiger partial charge in [0.15, 0.2) is 0 Å². The van der Waals surface area contributed by atoms with E-state index in [9.17, 15) is 14.4 Å². The lowest BCUT2D eigenvalue weighted by molar-refractivity contribution is -0.136. The number of aryl methyl sites for hydroxylation is 1. The summed E-state index contributed by atoms with van der Waals surface area (Å²) in [5.41, 5.74) is 1.35. The van der Waals surface area contributed by atoms with Crippen LogP contribution in [0.1, 0.15) is 50.5 Å². The monoisotopic (exact) mass is 344 g/mol. The Morgan fingerprint density at radius 1 is 1.12 bits per heavy atom. The molecule has 136 valence electrons. The molecular formula is C20H28N2O3. The molecule has 0 aromatic heterocycles. The number of hydrogen-bond donors (Lipinski definition) is 1. The van der Waals surface area contributed by atoms with Crippen molar-refractivity contribution in [2.75, 3.05) is 13.1 Å². The summed E-state index contributed by atoms with van der Waals surface area (Å²) in [6.07, 6.45) is 7.02. The largest absolute Gasteiger partial charge is 0.356 e. The number of likely N-dealkylation sites (tertiary alicyclic amines) is 1. The molecule has 5 heteroatoms. The lowest BCUT2D eigenvalue weighted by Gasteiger charge is -2.20. The van der Waals surface area contributed by atoms with Gasteiger partial charge in [0.2, 0.25) is 11.8 Å². The zero-order valence-corrected chi connectivity index (χ0v) is 14.8. The van der Waals surface area contributed by atoms with Crippen LogP contribution in [0.3, 0.4) is 0 Å². The Morgan fingerprint density at radius 2 is 1.92 bits per heavy atom. The molecule has 0 bridgehead atoms. The van der Waals surface area contributed by atoms with Crippen molar-refractivity contribution in [2.24, 2.45) is 0 Å². The smallest absolute Gasteiger partial charge is 0.223 e. The van der Waals surface area contributed by atoms with Gasteiger partial charge in [0, 0.05) is 25.9 Å². The van der Waals surface area contributed by atoms with E-state index >= 15 is 0 Å². The molecule has 1 N–H and O–H groups in total. The molecule has 0 aliphatic carbocycles. The van der Waals surface area contributed by atoms with Gasteiger partial charge >= 0.3 is 0 Å². The maximum absolute atomic E-state index is 12.1. The van der Waals surface area contributed by atoms with Crippen LogP contribution < -0.4 is 5.32 Å². The highest BCUT2D eigenvalue weighted by atomic mass is 16.2. The Bertz CT molecular complexity index is 559. The van der Waals surface area contributed by atoms with E-state index in [4.69, 9.17) is 0 Å². The molecule has 1 atom stereocenters. The van der Waals surface area contributed by atoms with Crippen LogP contribution in [-0.2, 0) is 20.8 Å². The summed E-state index contributed by atoms with van der Waals surface area (Å²) in [5.74, 6) is -0.175. The van der Waals surface area contributed by atoms with Crippen molar-refractivity contribution in [2.45, 2.75) is 57.4 Å². The van der Waals surface area contributed by atoms with Crippen LogP contribution in [0.5, 0.6) is 0 Å². The summed E-state index contributed by atoms with van der Waals surface area (Å²) in [6, 6.07) is 10.1. The summed E-state index contributed by atoms with van der Waals surface area (Å²) < 4.78 is 0. The molecule has 1 heterocycles. The average molecular weight is 344 g/mol. The van der Waals surface area contributed by atoms with E-state index in [1.54, 1.807) is 4.90 Å². The molecule has 1 aromatic carbocycles. The molecule has 0 unspecified atom stereocenters. The van der Waals surface area contributed by atoms with Gasteiger partial charge in [-0.05, 0) is 37.7 Å². The van der Waals surface area contributed by atoms with Crippen LogP contribution in [0, 0.1) is 0 Å². The number of nitrogens with zero attached hydrogens (tertiary/aromatic N) is 1. The second-order valence-corrected chi connectivity index (χ2v) is 6.58. The Labute approximate surface area is 149 Å². The first-order chi connectivity index (χ1) is 12.2. The molecule has 0 saturated carbocycles. The fraction of sp³-hybridized carbons (Fsp3) is 0.550. The van der Waals surface area contributed by atoms with E-state index in [2.05, 4.69) is 29.6 Å². The molecule has 5 nitrogen and oxygen atoms in total. The third kappa shape index (κ3) is 6.69. The van der Waals surface area contributed by atoms with Crippen molar-refractivity contribution < 1.29 is 14.4 Å². The maximum atomic E-state index is 12.1. The van der Waals surface area contributed by atoms with Gasteiger partial charge in [-0.15, -0.1) is 0 Å². The van der Waals surface area contributed by atoms with Crippen molar-refractivity contribution >= 4 is 18.1 Å². The Morgan fingerprint density at radius 3 is 2.68 bits per heavy atom. The number of nitrogens with one attached hydrogen (secondary N) is 1. The highest BCUT2D eigenvalue weighted by molar-refractivity contribution is 5.85. The summed E-state index contributed by atoms with van der Waals surface area (Å²) in [5, 5.41) is 2.87. The summed E-state index contributed by atoms with van der Waals surface area (Å²) in [4.78, 5) is 36.4. The normalized spacial score (nSPS) is 16.6. The second kappa shape index (κ2) is 10.6. The Hall–Kier alpha value is -2.17. The number of amides is 2. The first kappa shape index (κ1) is 19.2. The zero-order chi connectivity index (χ0) is 17.9. The summed E-state index contributed by atoms with van der Waals surface area (Å²) >= 11 is 0. The zero-order valence-electron chi connectivity index (χ0n) is 14.8. The first-order valence-corrected chi connectivity index (χ1v) is 9.26. The second-order valence-electron chi connectivity index (χ2n) is 6.58. The van der Waals surface area contributed by atoms with Crippen LogP contribution in [0.25, 0.3) is 0 Å². The number of unbranched alkanes of at least 4 members (excludes halogenated alkanes) is 2. The van der Waals surface area contributed by atoms with Gasteiger partial charge in [0.25, 0.3) is 0 Å². The molecule has 1 aliphatic heterocycles. The van der Waals surface area contributed by atoms with Crippen molar-refractivity contribution in [3.05, 3.63) is 35.9 Å². The standard InChI is InChI=1S/C20H28N2O3/c23-16-18-11-7-15-22(18)20(25)13-12-19(24)21-14-6-2-5-10-17-8-3-1-4-9-17/h1,3-4,8-9,16,18H,2,5-7,10-15H2,(H,21,24)/t18-/m0/s1. The van der Waals surface area contributed by atoms with E-state index < -0.39 is 0 Å². The predicted molar refractivity (Wildman–Crippen MR) is 97.0 cm³/mol. The Kier molecular flexibility index (Phi) is 8.16. The quantitative estimate of drug-likeness (QED) is 0.524. The number of hydrogen-bond acceptors (Lipinski definition) is 3. The lowest BCUT2D eigenvalue weighted by Crippen LogP contribution is -2.37. The summed E-state index contributed by atoms with van der Waals surface area (Å²) in [6.45, 7) is 1.29. The van der Waals surface area contributed by atoms with E-state index in [-0.39, 0.29) is 30.7 Å². The average Bonchev–Trinajstić information content (AvgIpc) is 3.12. The van der Waals surface area contributed by atoms with Crippen LogP contribution >= 0.6 is 0 Å². The number of rotatable bonds is 10. The lowest BCUT2D eigenvalue weighted by atomic mass is 10.1. The predicted octanol–water partition coefficient (Wildman–Crippen LogP) is 2.49. The highest BCUT2D eigenvalue weighted by Gasteiger charge is 2.27. The third-order valence-electron chi connectivity index (χ3n) is 4.65. The van der Waals surface area contributed by atoms with Crippen molar-refractivity contribution in [3.63, 3.8) is 0 Å². The fourth-order valence-electron chi connectivity index (χ4n) is 3.20. The van der Waals surface area contributed by atoms with E-state index in [1.165, 1.54) is 5.56 Å². The highest BCUT2D eigenvalue weighted by Crippen LogP contribution is 2.16. The molecule has 0 radical (unpaired) electrons. The summed E-state index contributed by atoms with van der Waals surface area (Å²) in [7, 11) is 0. The van der Waals surface area contributed by atoms with E-state index in [0.717, 1.165) is 44.8 Å². The van der Waals surface area contributed by atoms with Gasteiger partial charge in [-0.2, -0.15) is 0 Å². The van der Waals surface area contributed by atoms with Crippen LogP contribution in [0.4, 0.5) is 0 Å². The number of carbonyl (C=O) groups excluding carboxylic acids is 3. The molecule has 25 heavy (non-hydrogen) atoms. The Balaban J connectivity index is 1.51. The number of aldehydes is 1. The minimum absolute atomic E-state index is 0.0849. The van der Waals surface area contributed by atoms with Crippen LogP contribution in [0.2, 0.25) is 0 Å². The van der Waals surface area contributed by atoms with Gasteiger partial charge < -0.3 is 15.0 Å². The van der Waals surface area contributed by atoms with Crippen molar-refractivity contribution in [1.82, 2.24) is 10.2 Å². The molecule has 2 rings (SSSR count). The number of benzene rings is 1. The third-order valence-corrected chi connectivity index (χ3v) is 4.65. The van der Waals surface area contributed by atoms with Crippen molar-refractivity contribution in [1.29, 1.82) is 0 Å². The molecule has 1 fully saturated rings. The van der Waals surface area contributed by atoms with Crippen molar-refractivity contribution in [3.8, 4) is 0 Å². The minimum atomic E-state index is -0.292. The van der Waals surface area contributed by atoms with E-state index in [0.29, 0.717) is 13.1 Å². The van der Waals surface area contributed by atoms with Gasteiger partial charge in [0.1, 0.15) is 6.29 Å². The molecule has 2 amide bonds. The van der Waals surface area contributed by atoms with Crippen LogP contribution in [0.15, 0.2) is 30.3 Å². The molecular weight excluding hydrogens is 316 g/mol. The molecule has 1 aromatic rings. The number of carbonyl (C=O) groups is 3. The van der Waals surface area contributed by atoms with Gasteiger partial charge in [0.05, 0.1) is 6.04 Å².